The summed E-state index contributed by atoms with van der Waals surface area (Å²) in [4.78, 5) is 0. The van der Waals surface area contributed by atoms with Crippen molar-refractivity contribution in [1.29, 1.82) is 0 Å². The van der Waals surface area contributed by atoms with Gasteiger partial charge < -0.3 is 5.32 Å². The maximum Gasteiger partial charge on any atom is 0.211 e. The van der Waals surface area contributed by atoms with Crippen LogP contribution in [0.25, 0.3) is 0 Å². The van der Waals surface area contributed by atoms with E-state index in [0.717, 1.165) is 25.8 Å². The van der Waals surface area contributed by atoms with Crippen molar-refractivity contribution in [2.75, 3.05) is 25.6 Å². The summed E-state index contributed by atoms with van der Waals surface area (Å²) in [6.07, 6.45) is 5.85. The third kappa shape index (κ3) is 5.03. The van der Waals surface area contributed by atoms with Crippen LogP contribution in [0.4, 0.5) is 0 Å². The first kappa shape index (κ1) is 14.3. The van der Waals surface area contributed by atoms with Gasteiger partial charge in [-0.3, -0.25) is 0 Å². The Hall–Kier alpha value is 0.220. The van der Waals surface area contributed by atoms with Gasteiger partial charge in [0.25, 0.3) is 0 Å². The molecule has 2 unspecified atom stereocenters. The molecule has 2 N–H and O–H groups in total. The van der Waals surface area contributed by atoms with Crippen molar-refractivity contribution in [2.24, 2.45) is 0 Å². The maximum atomic E-state index is 11.7. The number of sulfonamides is 1. The molecule has 0 amide bonds. The molecular weight excluding hydrogens is 244 g/mol. The molecule has 0 spiro atoms. The van der Waals surface area contributed by atoms with Crippen LogP contribution in [0.5, 0.6) is 0 Å². The molecule has 1 aliphatic rings. The van der Waals surface area contributed by atoms with E-state index in [9.17, 15) is 8.42 Å². The lowest BCUT2D eigenvalue weighted by atomic mass is 10.3. The monoisotopic (exact) mass is 266 g/mol. The minimum Gasteiger partial charge on any atom is -0.320 e. The lowest BCUT2D eigenvalue weighted by molar-refractivity contribution is 0.549. The third-order valence-electron chi connectivity index (χ3n) is 2.90. The van der Waals surface area contributed by atoms with Crippen LogP contribution < -0.4 is 10.0 Å². The molecule has 6 heteroatoms. The van der Waals surface area contributed by atoms with E-state index in [1.54, 1.807) is 0 Å². The van der Waals surface area contributed by atoms with Crippen molar-refractivity contribution in [3.63, 3.8) is 0 Å². The lowest BCUT2D eigenvalue weighted by Gasteiger charge is -2.13. The molecule has 1 saturated carbocycles. The van der Waals surface area contributed by atoms with E-state index in [1.807, 2.05) is 18.8 Å². The molecule has 1 fully saturated rings. The van der Waals surface area contributed by atoms with Crippen LogP contribution in [0.3, 0.4) is 0 Å². The Kier molecular flexibility index (Phi) is 6.10. The Bertz CT molecular complexity index is 293. The van der Waals surface area contributed by atoms with Crippen LogP contribution in [0.1, 0.15) is 25.7 Å². The number of hydrogen-bond donors (Lipinski definition) is 2. The van der Waals surface area contributed by atoms with Crippen LogP contribution in [-0.2, 0) is 10.0 Å². The molecule has 0 aliphatic heterocycles. The quantitative estimate of drug-likeness (QED) is 0.669. The number of hydrogen-bond acceptors (Lipinski definition) is 4. The Labute approximate surface area is 103 Å². The molecule has 0 aromatic heterocycles. The van der Waals surface area contributed by atoms with Gasteiger partial charge in [-0.2, -0.15) is 11.8 Å². The number of nitrogens with one attached hydrogen (secondary N) is 2. The summed E-state index contributed by atoms with van der Waals surface area (Å²) in [6.45, 7) is 0.749. The molecule has 0 heterocycles. The summed E-state index contributed by atoms with van der Waals surface area (Å²) >= 11 is 1.84. The van der Waals surface area contributed by atoms with Crippen molar-refractivity contribution >= 4 is 21.8 Å². The molecule has 4 nitrogen and oxygen atoms in total. The molecule has 1 aliphatic carbocycles. The van der Waals surface area contributed by atoms with Crippen LogP contribution in [0, 0.1) is 0 Å². The zero-order valence-electron chi connectivity index (χ0n) is 10.0. The zero-order chi connectivity index (χ0) is 12.0. The minimum atomic E-state index is -3.07. The fourth-order valence-electron chi connectivity index (χ4n) is 2.01. The molecule has 0 aromatic carbocycles. The second-order valence-corrected chi connectivity index (χ2v) is 7.27. The largest absolute Gasteiger partial charge is 0.320 e. The van der Waals surface area contributed by atoms with Crippen LogP contribution in [0.15, 0.2) is 0 Å². The summed E-state index contributed by atoms with van der Waals surface area (Å²) < 4.78 is 26.2. The van der Waals surface area contributed by atoms with E-state index in [-0.39, 0.29) is 11.8 Å². The van der Waals surface area contributed by atoms with Gasteiger partial charge in [0.2, 0.25) is 10.0 Å². The zero-order valence-corrected chi connectivity index (χ0v) is 11.7. The highest BCUT2D eigenvalue weighted by Crippen LogP contribution is 2.28. The highest BCUT2D eigenvalue weighted by atomic mass is 32.2. The molecule has 96 valence electrons. The molecule has 0 bridgehead atoms. The summed E-state index contributed by atoms with van der Waals surface area (Å²) in [6, 6.07) is 0.164. The summed E-state index contributed by atoms with van der Waals surface area (Å²) in [5, 5.41) is 3.58. The average Bonchev–Trinajstić information content (AvgIpc) is 2.65. The van der Waals surface area contributed by atoms with E-state index in [1.165, 1.54) is 0 Å². The van der Waals surface area contributed by atoms with Gasteiger partial charge in [0.1, 0.15) is 0 Å². The molecular formula is C10H22N2O2S2. The van der Waals surface area contributed by atoms with Gasteiger partial charge in [-0.25, -0.2) is 13.1 Å². The van der Waals surface area contributed by atoms with Gasteiger partial charge >= 0.3 is 0 Å². The first-order chi connectivity index (χ1) is 7.57. The first-order valence-corrected chi connectivity index (χ1v) is 8.69. The highest BCUT2D eigenvalue weighted by Gasteiger charge is 2.27. The van der Waals surface area contributed by atoms with Crippen LogP contribution >= 0.6 is 11.8 Å². The van der Waals surface area contributed by atoms with Crippen LogP contribution in [-0.4, -0.2) is 45.3 Å². The Morgan fingerprint density at radius 1 is 1.38 bits per heavy atom. The van der Waals surface area contributed by atoms with E-state index >= 15 is 0 Å². The van der Waals surface area contributed by atoms with Gasteiger partial charge in [0, 0.05) is 11.3 Å². The Morgan fingerprint density at radius 3 is 2.69 bits per heavy atom. The van der Waals surface area contributed by atoms with Gasteiger partial charge in [0.05, 0.1) is 5.75 Å². The molecule has 2 atom stereocenters. The normalized spacial score (nSPS) is 26.1. The van der Waals surface area contributed by atoms with Gasteiger partial charge in [-0.05, 0) is 45.5 Å². The van der Waals surface area contributed by atoms with Crippen molar-refractivity contribution in [1.82, 2.24) is 10.0 Å². The fraction of sp³-hybridized carbons (Fsp3) is 1.00. The minimum absolute atomic E-state index is 0.164. The van der Waals surface area contributed by atoms with Crippen molar-refractivity contribution in [3.8, 4) is 0 Å². The summed E-state index contributed by atoms with van der Waals surface area (Å²) in [7, 11) is -1.23. The van der Waals surface area contributed by atoms with E-state index in [2.05, 4.69) is 16.3 Å². The topological polar surface area (TPSA) is 58.2 Å². The summed E-state index contributed by atoms with van der Waals surface area (Å²) in [5.74, 6) is 0.230. The first-order valence-electron chi connectivity index (χ1n) is 5.75. The Balaban J connectivity index is 2.30. The van der Waals surface area contributed by atoms with Crippen LogP contribution in [0.2, 0.25) is 0 Å². The molecule has 0 radical (unpaired) electrons. The summed E-state index contributed by atoms with van der Waals surface area (Å²) in [5.41, 5.74) is 0. The number of thioether (sulfide) groups is 1. The Morgan fingerprint density at radius 2 is 2.12 bits per heavy atom. The fourth-order valence-corrected chi connectivity index (χ4v) is 4.17. The van der Waals surface area contributed by atoms with Gasteiger partial charge in [-0.15, -0.1) is 0 Å². The SMILES string of the molecule is CNCCCS(=O)(=O)NC1CCC(SC)C1. The predicted molar refractivity (Wildman–Crippen MR) is 70.4 cm³/mol. The number of rotatable bonds is 7. The molecule has 16 heavy (non-hydrogen) atoms. The second-order valence-electron chi connectivity index (χ2n) is 4.26. The van der Waals surface area contributed by atoms with E-state index in [4.69, 9.17) is 0 Å². The maximum absolute atomic E-state index is 11.7. The van der Waals surface area contributed by atoms with E-state index in [0.29, 0.717) is 11.7 Å². The predicted octanol–water partition coefficient (Wildman–Crippen LogP) is 0.799. The third-order valence-corrected chi connectivity index (χ3v) is 5.52. The van der Waals surface area contributed by atoms with E-state index < -0.39 is 10.0 Å². The molecule has 0 aromatic rings. The van der Waals surface area contributed by atoms with Crippen molar-refractivity contribution < 1.29 is 8.42 Å². The standard InChI is InChI=1S/C10H22N2O2S2/c1-11-6-3-7-16(13,14)12-9-4-5-10(8-9)15-2/h9-12H,3-8H2,1-2H3. The molecule has 0 saturated heterocycles. The van der Waals surface area contributed by atoms with Gasteiger partial charge in [-0.1, -0.05) is 0 Å². The van der Waals surface area contributed by atoms with Crippen molar-refractivity contribution in [2.45, 2.75) is 37.0 Å². The van der Waals surface area contributed by atoms with Crippen molar-refractivity contribution in [3.05, 3.63) is 0 Å². The highest BCUT2D eigenvalue weighted by molar-refractivity contribution is 7.99. The smallest absolute Gasteiger partial charge is 0.211 e. The van der Waals surface area contributed by atoms with Gasteiger partial charge in [0.15, 0.2) is 0 Å². The average molecular weight is 266 g/mol. The lowest BCUT2D eigenvalue weighted by Crippen LogP contribution is -2.35. The molecule has 1 rings (SSSR count). The second kappa shape index (κ2) is 6.83.